The van der Waals surface area contributed by atoms with Gasteiger partial charge in [0.2, 0.25) is 0 Å². The van der Waals surface area contributed by atoms with Crippen LogP contribution in [0.25, 0.3) is 0 Å². The standard InChI is InChI=1S/2C22H26FO7P/c2*1-27-21(24)19(13-20(23)22(25)28-2)16-31(26,29-14-17-9-5-3-6-10-17)30-15-18-11-7-4-8-12-18/h2*3-12,19-20H,13-16H2,1-2H3/t19-,20+;19-,20-/m10/s1. The van der Waals surface area contributed by atoms with E-state index >= 15 is 0 Å². The molecule has 62 heavy (non-hydrogen) atoms. The molecular weight excluding hydrogens is 852 g/mol. The van der Waals surface area contributed by atoms with Crippen molar-refractivity contribution in [2.45, 2.75) is 51.6 Å². The third-order valence-electron chi connectivity index (χ3n) is 8.94. The fourth-order valence-corrected chi connectivity index (χ4v) is 9.22. The Morgan fingerprint density at radius 3 is 0.855 bits per heavy atom. The average Bonchev–Trinajstić information content (AvgIpc) is 3.31. The van der Waals surface area contributed by atoms with E-state index in [9.17, 15) is 37.1 Å². The largest absolute Gasteiger partial charge is 0.469 e. The lowest BCUT2D eigenvalue weighted by Crippen LogP contribution is -2.28. The number of rotatable bonds is 24. The summed E-state index contributed by atoms with van der Waals surface area (Å²) in [5.74, 6) is -6.34. The van der Waals surface area contributed by atoms with Gasteiger partial charge in [-0.1, -0.05) is 121 Å². The Morgan fingerprint density at radius 1 is 0.419 bits per heavy atom. The number of alkyl halides is 2. The van der Waals surface area contributed by atoms with Crippen molar-refractivity contribution in [2.24, 2.45) is 11.8 Å². The molecule has 0 bridgehead atoms. The van der Waals surface area contributed by atoms with Crippen molar-refractivity contribution in [2.75, 3.05) is 40.8 Å². The second-order valence-electron chi connectivity index (χ2n) is 13.5. The maximum atomic E-state index is 14.2. The summed E-state index contributed by atoms with van der Waals surface area (Å²) in [6.07, 6.45) is -6.18. The Kier molecular flexibility index (Phi) is 22.4. The maximum Gasteiger partial charge on any atom is 0.340 e. The molecule has 0 radical (unpaired) electrons. The number of hydrogen-bond donors (Lipinski definition) is 0. The van der Waals surface area contributed by atoms with Gasteiger partial charge in [-0.2, -0.15) is 0 Å². The molecule has 0 amide bonds. The lowest BCUT2D eigenvalue weighted by Gasteiger charge is -2.23. The van der Waals surface area contributed by atoms with Crippen LogP contribution < -0.4 is 0 Å². The molecule has 18 heteroatoms. The smallest absolute Gasteiger partial charge is 0.340 e. The molecule has 0 aromatic heterocycles. The molecular formula is C44H52F2O14P2. The molecule has 0 aliphatic carbocycles. The van der Waals surface area contributed by atoms with E-state index in [2.05, 4.69) is 9.47 Å². The van der Waals surface area contributed by atoms with Crippen molar-refractivity contribution in [3.05, 3.63) is 144 Å². The van der Waals surface area contributed by atoms with Gasteiger partial charge >= 0.3 is 39.1 Å². The van der Waals surface area contributed by atoms with Crippen LogP contribution in [-0.4, -0.2) is 77.0 Å². The lowest BCUT2D eigenvalue weighted by atomic mass is 10.0. The van der Waals surface area contributed by atoms with E-state index in [1.165, 1.54) is 0 Å². The number of benzene rings is 4. The van der Waals surface area contributed by atoms with Crippen LogP contribution >= 0.6 is 15.2 Å². The van der Waals surface area contributed by atoms with Crippen LogP contribution in [0.1, 0.15) is 35.1 Å². The molecule has 4 aromatic carbocycles. The molecule has 0 heterocycles. The second kappa shape index (κ2) is 27.1. The molecule has 336 valence electrons. The van der Waals surface area contributed by atoms with Gasteiger partial charge in [0.25, 0.3) is 0 Å². The van der Waals surface area contributed by atoms with Gasteiger partial charge in [0.1, 0.15) is 0 Å². The molecule has 0 aliphatic rings. The molecule has 0 aliphatic heterocycles. The van der Waals surface area contributed by atoms with Gasteiger partial charge in [0, 0.05) is 12.8 Å². The molecule has 4 aromatic rings. The van der Waals surface area contributed by atoms with Crippen LogP contribution in [0.15, 0.2) is 121 Å². The van der Waals surface area contributed by atoms with Gasteiger partial charge in [-0.05, 0) is 22.3 Å². The Labute approximate surface area is 360 Å². The fraction of sp³-hybridized carbons (Fsp3) is 0.364. The van der Waals surface area contributed by atoms with Gasteiger partial charge in [-0.25, -0.2) is 18.4 Å². The highest BCUT2D eigenvalue weighted by Crippen LogP contribution is 2.53. The van der Waals surface area contributed by atoms with Crippen molar-refractivity contribution in [3.63, 3.8) is 0 Å². The van der Waals surface area contributed by atoms with Crippen molar-refractivity contribution < 1.29 is 74.1 Å². The number of carbonyl (C=O) groups is 4. The van der Waals surface area contributed by atoms with Crippen LogP contribution in [0, 0.1) is 11.8 Å². The summed E-state index contributed by atoms with van der Waals surface area (Å²) in [6, 6.07) is 36.0. The van der Waals surface area contributed by atoms with E-state index in [4.69, 9.17) is 27.6 Å². The summed E-state index contributed by atoms with van der Waals surface area (Å²) in [4.78, 5) is 47.4. The summed E-state index contributed by atoms with van der Waals surface area (Å²) < 4.78 is 96.0. The normalized spacial score (nSPS) is 13.3. The number of esters is 4. The van der Waals surface area contributed by atoms with Crippen molar-refractivity contribution in [1.82, 2.24) is 0 Å². The lowest BCUT2D eigenvalue weighted by molar-refractivity contribution is -0.151. The van der Waals surface area contributed by atoms with Gasteiger partial charge < -0.3 is 37.0 Å². The van der Waals surface area contributed by atoms with Crippen molar-refractivity contribution in [3.8, 4) is 0 Å². The summed E-state index contributed by atoms with van der Waals surface area (Å²) in [6.45, 7) is -0.124. The third kappa shape index (κ3) is 18.5. The van der Waals surface area contributed by atoms with Gasteiger partial charge in [-0.15, -0.1) is 0 Å². The minimum atomic E-state index is -3.89. The Morgan fingerprint density at radius 2 is 0.645 bits per heavy atom. The molecule has 0 saturated carbocycles. The first kappa shape index (κ1) is 51.3. The SMILES string of the molecule is COC(=O)[C@@H](C[C@H](F)C(=O)OC)CP(=O)(OCc1ccccc1)OCc1ccccc1.COC(=O)[C@H](C[C@H](F)C(=O)OC)CP(=O)(OCc1ccccc1)OCc1ccccc1. The molecule has 4 atom stereocenters. The molecule has 0 N–H and O–H groups in total. The number of carbonyl (C=O) groups excluding carboxylic acids is 4. The Balaban J connectivity index is 0.000000330. The quantitative estimate of drug-likeness (QED) is 0.0371. The van der Waals surface area contributed by atoms with Crippen LogP contribution in [0.4, 0.5) is 8.78 Å². The highest BCUT2D eigenvalue weighted by atomic mass is 31.2. The summed E-state index contributed by atoms with van der Waals surface area (Å²) in [7, 11) is -3.44. The first-order valence-electron chi connectivity index (χ1n) is 19.2. The van der Waals surface area contributed by atoms with Gasteiger partial charge in [0.05, 0.1) is 79.0 Å². The minimum absolute atomic E-state index is 0.0309. The molecule has 0 unspecified atom stereocenters. The van der Waals surface area contributed by atoms with Crippen LogP contribution in [0.3, 0.4) is 0 Å². The Bertz CT molecular complexity index is 1800. The Hall–Kier alpha value is -5.08. The second-order valence-corrected chi connectivity index (χ2v) is 17.7. The van der Waals surface area contributed by atoms with Crippen molar-refractivity contribution >= 4 is 39.1 Å². The molecule has 14 nitrogen and oxygen atoms in total. The number of hydrogen-bond acceptors (Lipinski definition) is 14. The van der Waals surface area contributed by atoms with Crippen LogP contribution in [0.2, 0.25) is 0 Å². The highest BCUT2D eigenvalue weighted by Gasteiger charge is 2.39. The average molecular weight is 905 g/mol. The van der Waals surface area contributed by atoms with Crippen LogP contribution in [-0.2, 0) is 91.8 Å². The topological polar surface area (TPSA) is 176 Å². The van der Waals surface area contributed by atoms with Crippen molar-refractivity contribution in [1.29, 1.82) is 0 Å². The fourth-order valence-electron chi connectivity index (χ4n) is 5.59. The zero-order chi connectivity index (χ0) is 45.4. The monoisotopic (exact) mass is 904 g/mol. The van der Waals surface area contributed by atoms with E-state index in [0.717, 1.165) is 50.7 Å². The minimum Gasteiger partial charge on any atom is -0.469 e. The first-order chi connectivity index (χ1) is 29.7. The van der Waals surface area contributed by atoms with Gasteiger partial charge in [-0.3, -0.25) is 18.7 Å². The molecule has 4 rings (SSSR count). The molecule has 0 spiro atoms. The maximum absolute atomic E-state index is 14.2. The van der Waals surface area contributed by atoms with E-state index in [1.54, 1.807) is 97.1 Å². The molecule has 0 saturated heterocycles. The third-order valence-corrected chi connectivity index (χ3v) is 12.8. The number of ether oxygens (including phenoxy) is 4. The summed E-state index contributed by atoms with van der Waals surface area (Å²) in [5.41, 5.74) is 2.99. The first-order valence-corrected chi connectivity index (χ1v) is 22.7. The predicted molar refractivity (Wildman–Crippen MR) is 224 cm³/mol. The van der Waals surface area contributed by atoms with E-state index in [1.807, 2.05) is 24.3 Å². The predicted octanol–water partition coefficient (Wildman–Crippen LogP) is 8.61. The summed E-state index contributed by atoms with van der Waals surface area (Å²) in [5, 5.41) is 0. The summed E-state index contributed by atoms with van der Waals surface area (Å²) >= 11 is 0. The van der Waals surface area contributed by atoms with E-state index < -0.39 is 88.4 Å². The zero-order valence-electron chi connectivity index (χ0n) is 34.9. The van der Waals surface area contributed by atoms with E-state index in [0.29, 0.717) is 0 Å². The van der Waals surface area contributed by atoms with Crippen LogP contribution in [0.5, 0.6) is 0 Å². The number of halogens is 2. The van der Waals surface area contributed by atoms with Gasteiger partial charge in [0.15, 0.2) is 12.3 Å². The van der Waals surface area contributed by atoms with E-state index in [-0.39, 0.29) is 26.4 Å². The highest BCUT2D eigenvalue weighted by molar-refractivity contribution is 7.54. The number of methoxy groups -OCH3 is 4. The molecule has 0 fully saturated rings. The zero-order valence-corrected chi connectivity index (χ0v) is 36.7.